The van der Waals surface area contributed by atoms with Gasteiger partial charge in [-0.1, -0.05) is 51.4 Å². The highest BCUT2D eigenvalue weighted by Gasteiger charge is 2.02. The molecule has 0 aromatic carbocycles. The van der Waals surface area contributed by atoms with Gasteiger partial charge in [-0.3, -0.25) is 0 Å². The molecule has 146 valence electrons. The van der Waals surface area contributed by atoms with Crippen molar-refractivity contribution in [1.82, 2.24) is 29.5 Å². The summed E-state index contributed by atoms with van der Waals surface area (Å²) in [7, 11) is 0. The van der Waals surface area contributed by atoms with Crippen molar-refractivity contribution < 1.29 is 0 Å². The number of rotatable bonds is 13. The molecule has 0 atom stereocenters. The standard InChI is InChI=1S/C16H28N6O4/c23-13-17-18-14(24)21(13)11-9-7-5-3-1-2-4-6-8-10-12-22-15(25)19-20-16(22)26/h1-12H2,(H,17,23)(H,18,24)(H,19,25)(H,20,26). The minimum Gasteiger partial charge on any atom is -0.247 e. The monoisotopic (exact) mass is 368 g/mol. The molecule has 0 spiro atoms. The summed E-state index contributed by atoms with van der Waals surface area (Å²) in [5.74, 6) is 0. The van der Waals surface area contributed by atoms with Crippen LogP contribution in [0, 0.1) is 0 Å². The van der Waals surface area contributed by atoms with Gasteiger partial charge in [-0.2, -0.15) is 0 Å². The van der Waals surface area contributed by atoms with E-state index in [1.54, 1.807) is 0 Å². The zero-order chi connectivity index (χ0) is 18.8. The van der Waals surface area contributed by atoms with Crippen LogP contribution in [0.5, 0.6) is 0 Å². The molecule has 4 N–H and O–H groups in total. The smallest absolute Gasteiger partial charge is 0.247 e. The van der Waals surface area contributed by atoms with Gasteiger partial charge in [0.1, 0.15) is 0 Å². The van der Waals surface area contributed by atoms with Gasteiger partial charge in [-0.25, -0.2) is 48.7 Å². The molecule has 0 unspecified atom stereocenters. The largest absolute Gasteiger partial charge is 0.344 e. The highest BCUT2D eigenvalue weighted by atomic mass is 16.2. The Hall–Kier alpha value is -2.52. The van der Waals surface area contributed by atoms with Crippen LogP contribution in [-0.4, -0.2) is 29.5 Å². The molecular formula is C16H28N6O4. The Bertz CT molecular complexity index is 737. The quantitative estimate of drug-likeness (QED) is 0.385. The first-order valence-corrected chi connectivity index (χ1v) is 9.34. The number of aromatic amines is 4. The minimum absolute atomic E-state index is 0.374. The molecule has 0 bridgehead atoms. The van der Waals surface area contributed by atoms with Gasteiger partial charge in [0.25, 0.3) is 0 Å². The van der Waals surface area contributed by atoms with E-state index in [1.165, 1.54) is 22.0 Å². The molecule has 0 aliphatic carbocycles. The van der Waals surface area contributed by atoms with Crippen LogP contribution in [0.25, 0.3) is 0 Å². The van der Waals surface area contributed by atoms with Gasteiger partial charge in [0.2, 0.25) is 0 Å². The fourth-order valence-electron chi connectivity index (χ4n) is 3.03. The molecule has 26 heavy (non-hydrogen) atoms. The molecule has 0 radical (unpaired) electrons. The van der Waals surface area contributed by atoms with Crippen LogP contribution < -0.4 is 22.8 Å². The molecule has 0 amide bonds. The van der Waals surface area contributed by atoms with E-state index in [0.29, 0.717) is 13.1 Å². The topological polar surface area (TPSA) is 141 Å². The maximum Gasteiger partial charge on any atom is 0.344 e. The Labute approximate surface area is 149 Å². The van der Waals surface area contributed by atoms with Crippen LogP contribution in [0.1, 0.15) is 64.2 Å². The van der Waals surface area contributed by atoms with Crippen molar-refractivity contribution in [1.29, 1.82) is 0 Å². The Morgan fingerprint density at radius 3 is 0.923 bits per heavy atom. The summed E-state index contributed by atoms with van der Waals surface area (Å²) in [4.78, 5) is 45.2. The van der Waals surface area contributed by atoms with Crippen molar-refractivity contribution in [3.63, 3.8) is 0 Å². The Balaban J connectivity index is 1.40. The molecule has 0 saturated heterocycles. The summed E-state index contributed by atoms with van der Waals surface area (Å²) in [5, 5.41) is 9.10. The molecule has 0 saturated carbocycles. The van der Waals surface area contributed by atoms with Crippen molar-refractivity contribution >= 4 is 0 Å². The van der Waals surface area contributed by atoms with Crippen molar-refractivity contribution in [2.75, 3.05) is 0 Å². The predicted molar refractivity (Wildman–Crippen MR) is 97.5 cm³/mol. The Morgan fingerprint density at radius 2 is 0.654 bits per heavy atom. The second kappa shape index (κ2) is 10.5. The van der Waals surface area contributed by atoms with Crippen LogP contribution in [0.3, 0.4) is 0 Å². The lowest BCUT2D eigenvalue weighted by Crippen LogP contribution is -2.26. The first-order valence-electron chi connectivity index (χ1n) is 9.34. The van der Waals surface area contributed by atoms with Gasteiger partial charge in [-0.15, -0.1) is 0 Å². The maximum atomic E-state index is 11.3. The van der Waals surface area contributed by atoms with E-state index >= 15 is 0 Å². The summed E-state index contributed by atoms with van der Waals surface area (Å²) in [5.41, 5.74) is -1.50. The van der Waals surface area contributed by atoms with Crippen molar-refractivity contribution in [2.24, 2.45) is 0 Å². The number of aromatic nitrogens is 6. The maximum absolute atomic E-state index is 11.3. The first-order chi connectivity index (χ1) is 12.6. The van der Waals surface area contributed by atoms with Gasteiger partial charge in [0, 0.05) is 13.1 Å². The van der Waals surface area contributed by atoms with E-state index in [0.717, 1.165) is 51.4 Å². The zero-order valence-electron chi connectivity index (χ0n) is 15.0. The van der Waals surface area contributed by atoms with E-state index in [2.05, 4.69) is 20.4 Å². The molecule has 0 fully saturated rings. The van der Waals surface area contributed by atoms with E-state index < -0.39 is 0 Å². The lowest BCUT2D eigenvalue weighted by Gasteiger charge is -2.03. The van der Waals surface area contributed by atoms with Gasteiger partial charge < -0.3 is 0 Å². The van der Waals surface area contributed by atoms with Crippen LogP contribution >= 0.6 is 0 Å². The zero-order valence-corrected chi connectivity index (χ0v) is 15.0. The molecule has 10 nitrogen and oxygen atoms in total. The summed E-state index contributed by atoms with van der Waals surface area (Å²) >= 11 is 0. The third-order valence-electron chi connectivity index (χ3n) is 4.55. The molecule has 10 heteroatoms. The van der Waals surface area contributed by atoms with E-state index in [1.807, 2.05) is 0 Å². The normalized spacial score (nSPS) is 11.2. The second-order valence-electron chi connectivity index (χ2n) is 6.56. The third-order valence-corrected chi connectivity index (χ3v) is 4.55. The third kappa shape index (κ3) is 6.08. The number of nitrogens with one attached hydrogen (secondary N) is 4. The lowest BCUT2D eigenvalue weighted by atomic mass is 10.1. The summed E-state index contributed by atoms with van der Waals surface area (Å²) in [6.45, 7) is 0.926. The highest BCUT2D eigenvalue weighted by molar-refractivity contribution is 4.66. The Morgan fingerprint density at radius 1 is 0.423 bits per heavy atom. The lowest BCUT2D eigenvalue weighted by molar-refractivity contribution is 0.512. The molecule has 0 aliphatic rings. The Kier molecular flexibility index (Phi) is 7.97. The van der Waals surface area contributed by atoms with Crippen LogP contribution in [0.2, 0.25) is 0 Å². The summed E-state index contributed by atoms with van der Waals surface area (Å²) in [6, 6.07) is 0. The van der Waals surface area contributed by atoms with Gasteiger partial charge >= 0.3 is 22.8 Å². The van der Waals surface area contributed by atoms with E-state index in [9.17, 15) is 19.2 Å². The van der Waals surface area contributed by atoms with Crippen LogP contribution in [0.4, 0.5) is 0 Å². The van der Waals surface area contributed by atoms with Crippen LogP contribution in [0.15, 0.2) is 19.2 Å². The SMILES string of the molecule is O=c1[nH][nH]c(=O)n1CCCCCCCCCCCCn1c(=O)[nH][nH]c1=O. The molecule has 2 aromatic heterocycles. The van der Waals surface area contributed by atoms with E-state index in [-0.39, 0.29) is 22.8 Å². The van der Waals surface area contributed by atoms with Gasteiger partial charge in [0.15, 0.2) is 0 Å². The predicted octanol–water partition coefficient (Wildman–Crippen LogP) is 0.644. The van der Waals surface area contributed by atoms with Crippen molar-refractivity contribution in [3.05, 3.63) is 41.9 Å². The summed E-state index contributed by atoms with van der Waals surface area (Å²) < 4.78 is 2.38. The molecule has 2 heterocycles. The number of hydrogen-bond donors (Lipinski definition) is 4. The molecule has 2 rings (SSSR count). The fourth-order valence-corrected chi connectivity index (χ4v) is 3.03. The second-order valence-corrected chi connectivity index (χ2v) is 6.56. The number of H-pyrrole nitrogens is 4. The first kappa shape index (κ1) is 19.8. The van der Waals surface area contributed by atoms with Crippen LogP contribution in [-0.2, 0) is 13.1 Å². The summed E-state index contributed by atoms with van der Waals surface area (Å²) in [6.07, 6.45) is 10.6. The number of unbranched alkanes of at least 4 members (excludes halogenated alkanes) is 9. The van der Waals surface area contributed by atoms with Crippen molar-refractivity contribution in [3.8, 4) is 0 Å². The average Bonchev–Trinajstić information content (AvgIpc) is 3.11. The van der Waals surface area contributed by atoms with Gasteiger partial charge in [0.05, 0.1) is 0 Å². The highest BCUT2D eigenvalue weighted by Crippen LogP contribution is 2.10. The van der Waals surface area contributed by atoms with E-state index in [4.69, 9.17) is 0 Å². The van der Waals surface area contributed by atoms with Crippen molar-refractivity contribution in [2.45, 2.75) is 77.3 Å². The molecule has 2 aromatic rings. The van der Waals surface area contributed by atoms with Gasteiger partial charge in [-0.05, 0) is 12.8 Å². The molecule has 0 aliphatic heterocycles. The number of nitrogens with zero attached hydrogens (tertiary/aromatic N) is 2. The number of hydrogen-bond acceptors (Lipinski definition) is 4. The minimum atomic E-state index is -0.374. The fraction of sp³-hybridized carbons (Fsp3) is 0.750. The molecular weight excluding hydrogens is 340 g/mol. The average molecular weight is 368 g/mol.